The first-order valence-electron chi connectivity index (χ1n) is 5.43. The van der Waals surface area contributed by atoms with Crippen LogP contribution in [-0.2, 0) is 4.74 Å². The molecule has 2 rings (SSSR count). The summed E-state index contributed by atoms with van der Waals surface area (Å²) in [5, 5.41) is 11.8. The van der Waals surface area contributed by atoms with E-state index in [-0.39, 0.29) is 6.61 Å². The van der Waals surface area contributed by atoms with Gasteiger partial charge in [-0.2, -0.15) is 0 Å². The van der Waals surface area contributed by atoms with E-state index in [2.05, 4.69) is 20.3 Å². The molecule has 8 heteroatoms. The van der Waals surface area contributed by atoms with E-state index in [1.807, 2.05) is 6.26 Å². The molecule has 0 saturated carbocycles. The van der Waals surface area contributed by atoms with Gasteiger partial charge in [0, 0.05) is 6.54 Å². The van der Waals surface area contributed by atoms with Crippen molar-refractivity contribution < 1.29 is 9.84 Å². The number of ether oxygens (including phenoxy) is 1. The quantitative estimate of drug-likeness (QED) is 0.585. The normalized spacial score (nSPS) is 11.0. The highest BCUT2D eigenvalue weighted by Gasteiger charge is 2.09. The molecule has 0 aromatic carbocycles. The monoisotopic (exact) mass is 286 g/mol. The molecule has 0 atom stereocenters. The number of nitrogens with zero attached hydrogens (tertiary/aromatic N) is 3. The van der Waals surface area contributed by atoms with Gasteiger partial charge in [0.15, 0.2) is 9.99 Å². The molecule has 0 unspecified atom stereocenters. The fourth-order valence-corrected chi connectivity index (χ4v) is 2.84. The average molecular weight is 286 g/mol. The lowest BCUT2D eigenvalue weighted by Crippen LogP contribution is -2.12. The highest BCUT2D eigenvalue weighted by atomic mass is 32.2. The smallest absolute Gasteiger partial charge is 0.176 e. The zero-order valence-corrected chi connectivity index (χ0v) is 11.6. The topological polar surface area (TPSA) is 80.2 Å². The lowest BCUT2D eigenvalue weighted by atomic mass is 10.5. The third-order valence-corrected chi connectivity index (χ3v) is 4.16. The molecule has 0 aliphatic carbocycles. The SMILES string of the molecule is CSc1nc2ncnc(NCCOCCO)c2s1. The Balaban J connectivity index is 2.01. The summed E-state index contributed by atoms with van der Waals surface area (Å²) < 4.78 is 7.11. The number of rotatable bonds is 7. The molecule has 0 bridgehead atoms. The molecule has 2 heterocycles. The van der Waals surface area contributed by atoms with Crippen LogP contribution in [0.1, 0.15) is 0 Å². The molecular weight excluding hydrogens is 272 g/mol. The second-order valence-electron chi connectivity index (χ2n) is 3.32. The number of thiazole rings is 1. The minimum absolute atomic E-state index is 0.0453. The van der Waals surface area contributed by atoms with Gasteiger partial charge in [0.2, 0.25) is 0 Å². The molecule has 0 fully saturated rings. The van der Waals surface area contributed by atoms with E-state index in [1.165, 1.54) is 6.33 Å². The molecule has 0 radical (unpaired) electrons. The first-order valence-corrected chi connectivity index (χ1v) is 7.47. The third-order valence-electron chi connectivity index (χ3n) is 2.12. The van der Waals surface area contributed by atoms with Crippen LogP contribution >= 0.6 is 23.1 Å². The van der Waals surface area contributed by atoms with Gasteiger partial charge in [0.05, 0.1) is 19.8 Å². The number of hydrogen-bond acceptors (Lipinski definition) is 8. The van der Waals surface area contributed by atoms with Crippen molar-refractivity contribution in [3.05, 3.63) is 6.33 Å². The van der Waals surface area contributed by atoms with Gasteiger partial charge < -0.3 is 15.2 Å². The van der Waals surface area contributed by atoms with Gasteiger partial charge in [0.1, 0.15) is 16.8 Å². The number of hydrogen-bond donors (Lipinski definition) is 2. The number of aromatic nitrogens is 3. The molecule has 0 aliphatic heterocycles. The van der Waals surface area contributed by atoms with Gasteiger partial charge in [0.25, 0.3) is 0 Å². The van der Waals surface area contributed by atoms with E-state index in [4.69, 9.17) is 9.84 Å². The van der Waals surface area contributed by atoms with Crippen molar-refractivity contribution in [2.45, 2.75) is 4.34 Å². The van der Waals surface area contributed by atoms with Crippen LogP contribution < -0.4 is 5.32 Å². The number of nitrogens with one attached hydrogen (secondary N) is 1. The molecule has 0 saturated heterocycles. The molecule has 2 aromatic rings. The van der Waals surface area contributed by atoms with Gasteiger partial charge in [-0.25, -0.2) is 15.0 Å². The lowest BCUT2D eigenvalue weighted by Gasteiger charge is -2.05. The second-order valence-corrected chi connectivity index (χ2v) is 5.37. The Kier molecular flexibility index (Phi) is 5.12. The highest BCUT2D eigenvalue weighted by Crippen LogP contribution is 2.30. The Hall–Kier alpha value is -0.960. The lowest BCUT2D eigenvalue weighted by molar-refractivity contribution is 0.0992. The third kappa shape index (κ3) is 3.29. The Morgan fingerprint density at radius 2 is 2.33 bits per heavy atom. The van der Waals surface area contributed by atoms with E-state index < -0.39 is 0 Å². The van der Waals surface area contributed by atoms with E-state index in [0.29, 0.717) is 19.8 Å². The van der Waals surface area contributed by atoms with Gasteiger partial charge in [-0.15, -0.1) is 11.3 Å². The summed E-state index contributed by atoms with van der Waals surface area (Å²) in [6.07, 6.45) is 3.49. The van der Waals surface area contributed by atoms with Crippen LogP contribution in [0.2, 0.25) is 0 Å². The summed E-state index contributed by atoms with van der Waals surface area (Å²) in [4.78, 5) is 12.7. The van der Waals surface area contributed by atoms with Crippen LogP contribution in [0.4, 0.5) is 5.82 Å². The fraction of sp³-hybridized carbons (Fsp3) is 0.500. The maximum absolute atomic E-state index is 8.58. The maximum atomic E-state index is 8.58. The molecule has 18 heavy (non-hydrogen) atoms. The zero-order chi connectivity index (χ0) is 12.8. The van der Waals surface area contributed by atoms with Crippen molar-refractivity contribution in [2.75, 3.05) is 37.9 Å². The predicted octanol–water partition coefficient (Wildman–Crippen LogP) is 1.23. The van der Waals surface area contributed by atoms with E-state index in [1.54, 1.807) is 23.1 Å². The van der Waals surface area contributed by atoms with Gasteiger partial charge in [-0.1, -0.05) is 11.8 Å². The maximum Gasteiger partial charge on any atom is 0.176 e. The zero-order valence-electron chi connectivity index (χ0n) is 9.92. The van der Waals surface area contributed by atoms with Crippen LogP contribution in [0.25, 0.3) is 10.3 Å². The van der Waals surface area contributed by atoms with Crippen molar-refractivity contribution in [2.24, 2.45) is 0 Å². The molecule has 0 spiro atoms. The van der Waals surface area contributed by atoms with E-state index in [0.717, 1.165) is 20.5 Å². The molecule has 0 aliphatic rings. The number of fused-ring (bicyclic) bond motifs is 1. The van der Waals surface area contributed by atoms with Crippen LogP contribution in [0.5, 0.6) is 0 Å². The summed E-state index contributed by atoms with van der Waals surface area (Å²) in [5.41, 5.74) is 0.720. The highest BCUT2D eigenvalue weighted by molar-refractivity contribution is 8.00. The minimum Gasteiger partial charge on any atom is -0.394 e. The van der Waals surface area contributed by atoms with Gasteiger partial charge >= 0.3 is 0 Å². The van der Waals surface area contributed by atoms with Crippen molar-refractivity contribution >= 4 is 39.3 Å². The number of aliphatic hydroxyl groups is 1. The van der Waals surface area contributed by atoms with Crippen LogP contribution in [-0.4, -0.2) is 52.7 Å². The molecule has 98 valence electrons. The second kappa shape index (κ2) is 6.83. The van der Waals surface area contributed by atoms with E-state index >= 15 is 0 Å². The summed E-state index contributed by atoms with van der Waals surface area (Å²) in [7, 11) is 0. The number of aliphatic hydroxyl groups excluding tert-OH is 1. The first-order chi connectivity index (χ1) is 8.85. The standard InChI is InChI=1S/C10H14N4O2S2/c1-17-10-14-9-7(18-10)8(12-6-13-9)11-2-4-16-5-3-15/h6,15H,2-5H2,1H3,(H,11,12,13). The van der Waals surface area contributed by atoms with Gasteiger partial charge in [-0.3, -0.25) is 0 Å². The van der Waals surface area contributed by atoms with Crippen LogP contribution in [0.3, 0.4) is 0 Å². The average Bonchev–Trinajstić information content (AvgIpc) is 2.82. The van der Waals surface area contributed by atoms with Crippen molar-refractivity contribution in [3.8, 4) is 0 Å². The number of thioether (sulfide) groups is 1. The number of anilines is 1. The molecule has 6 nitrogen and oxygen atoms in total. The summed E-state index contributed by atoms with van der Waals surface area (Å²) in [6, 6.07) is 0. The summed E-state index contributed by atoms with van der Waals surface area (Å²) in [5.74, 6) is 0.783. The fourth-order valence-electron chi connectivity index (χ4n) is 1.36. The van der Waals surface area contributed by atoms with Gasteiger partial charge in [-0.05, 0) is 6.26 Å². The Bertz CT molecular complexity index is 506. The molecular formula is C10H14N4O2S2. The van der Waals surface area contributed by atoms with Crippen LogP contribution in [0.15, 0.2) is 10.7 Å². The van der Waals surface area contributed by atoms with Crippen molar-refractivity contribution in [3.63, 3.8) is 0 Å². The first kappa shape index (κ1) is 13.5. The summed E-state index contributed by atoms with van der Waals surface area (Å²) in [6.45, 7) is 1.57. The largest absolute Gasteiger partial charge is 0.394 e. The van der Waals surface area contributed by atoms with Crippen molar-refractivity contribution in [1.82, 2.24) is 15.0 Å². The molecule has 2 aromatic heterocycles. The predicted molar refractivity (Wildman–Crippen MR) is 73.4 cm³/mol. The Morgan fingerprint density at radius 1 is 1.44 bits per heavy atom. The van der Waals surface area contributed by atoms with E-state index in [9.17, 15) is 0 Å². The minimum atomic E-state index is 0.0453. The van der Waals surface area contributed by atoms with Crippen LogP contribution in [0, 0.1) is 0 Å². The Morgan fingerprint density at radius 3 is 3.11 bits per heavy atom. The molecule has 0 amide bonds. The van der Waals surface area contributed by atoms with Crippen molar-refractivity contribution in [1.29, 1.82) is 0 Å². The Labute approximate surface area is 113 Å². The summed E-state index contributed by atoms with van der Waals surface area (Å²) >= 11 is 3.17. The molecule has 2 N–H and O–H groups in total.